The van der Waals surface area contributed by atoms with Crippen LogP contribution in [0.4, 0.5) is 0 Å². The van der Waals surface area contributed by atoms with Crippen LogP contribution in [-0.4, -0.2) is 66.4 Å². The molecule has 2 heterocycles. The molecule has 2 saturated heterocycles. The molecule has 30 heavy (non-hydrogen) atoms. The van der Waals surface area contributed by atoms with Gasteiger partial charge in [-0.25, -0.2) is 4.79 Å². The van der Waals surface area contributed by atoms with Crippen LogP contribution in [-0.2, 0) is 30.4 Å². The second kappa shape index (κ2) is 10.2. The molecule has 2 aliphatic rings. The Morgan fingerprint density at radius 1 is 1.03 bits per heavy atom. The molecule has 1 aromatic rings. The second-order valence-corrected chi connectivity index (χ2v) is 7.60. The summed E-state index contributed by atoms with van der Waals surface area (Å²) in [6, 6.07) is 6.88. The van der Waals surface area contributed by atoms with Crippen molar-refractivity contribution in [3.63, 3.8) is 0 Å². The first-order chi connectivity index (χ1) is 14.5. The molecule has 0 radical (unpaired) electrons. The molecule has 0 unspecified atom stereocenters. The van der Waals surface area contributed by atoms with Gasteiger partial charge in [-0.15, -0.1) is 0 Å². The summed E-state index contributed by atoms with van der Waals surface area (Å²) in [6.07, 6.45) is 2.59. The summed E-state index contributed by atoms with van der Waals surface area (Å²) < 4.78 is 10.2. The number of hydrogen-bond donors (Lipinski definition) is 0. The van der Waals surface area contributed by atoms with Gasteiger partial charge in [0.15, 0.2) is 6.61 Å². The highest BCUT2D eigenvalue weighted by atomic mass is 16.5. The van der Waals surface area contributed by atoms with Crippen molar-refractivity contribution in [3.05, 3.63) is 35.4 Å². The molecule has 8 nitrogen and oxygen atoms in total. The Morgan fingerprint density at radius 3 is 2.33 bits per heavy atom. The van der Waals surface area contributed by atoms with E-state index >= 15 is 0 Å². The van der Waals surface area contributed by atoms with E-state index in [2.05, 4.69) is 0 Å². The average molecular weight is 416 g/mol. The van der Waals surface area contributed by atoms with E-state index in [1.54, 1.807) is 41.0 Å². The first-order valence-electron chi connectivity index (χ1n) is 10.5. The summed E-state index contributed by atoms with van der Waals surface area (Å²) in [5.74, 6) is -1.06. The number of nitrogens with zero attached hydrogens (tertiary/aromatic N) is 2. The molecule has 0 N–H and O–H groups in total. The largest absolute Gasteiger partial charge is 0.466 e. The Morgan fingerprint density at radius 2 is 1.73 bits per heavy atom. The first-order valence-corrected chi connectivity index (χ1v) is 10.5. The predicted octanol–water partition coefficient (Wildman–Crippen LogP) is 1.77. The summed E-state index contributed by atoms with van der Waals surface area (Å²) in [5.41, 5.74) is 1.31. The van der Waals surface area contributed by atoms with E-state index in [0.29, 0.717) is 51.1 Å². The highest BCUT2D eigenvalue weighted by Crippen LogP contribution is 2.19. The van der Waals surface area contributed by atoms with E-state index in [9.17, 15) is 19.2 Å². The Hall–Kier alpha value is -2.90. The van der Waals surface area contributed by atoms with Crippen molar-refractivity contribution in [1.82, 2.24) is 9.80 Å². The summed E-state index contributed by atoms with van der Waals surface area (Å²) in [6.45, 7) is 3.99. The van der Waals surface area contributed by atoms with Gasteiger partial charge in [-0.05, 0) is 43.9 Å². The minimum Gasteiger partial charge on any atom is -0.466 e. The summed E-state index contributed by atoms with van der Waals surface area (Å²) in [4.78, 5) is 51.4. The van der Waals surface area contributed by atoms with E-state index in [4.69, 9.17) is 9.47 Å². The fourth-order valence-corrected chi connectivity index (χ4v) is 3.76. The normalized spacial score (nSPS) is 17.2. The minimum atomic E-state index is -0.562. The molecule has 0 saturated carbocycles. The lowest BCUT2D eigenvalue weighted by Crippen LogP contribution is -2.42. The number of carbonyl (C=O) groups excluding carboxylic acids is 4. The number of amides is 2. The zero-order valence-corrected chi connectivity index (χ0v) is 17.3. The molecule has 162 valence electrons. The maximum Gasteiger partial charge on any atom is 0.338 e. The monoisotopic (exact) mass is 416 g/mol. The lowest BCUT2D eigenvalue weighted by molar-refractivity contribution is -0.151. The number of ether oxygens (including phenoxy) is 2. The summed E-state index contributed by atoms with van der Waals surface area (Å²) >= 11 is 0. The van der Waals surface area contributed by atoms with Gasteiger partial charge in [0.25, 0.3) is 5.91 Å². The van der Waals surface area contributed by atoms with Crippen molar-refractivity contribution in [2.24, 2.45) is 5.92 Å². The van der Waals surface area contributed by atoms with Gasteiger partial charge < -0.3 is 19.3 Å². The predicted molar refractivity (Wildman–Crippen MR) is 107 cm³/mol. The lowest BCUT2D eigenvalue weighted by Gasteiger charge is -2.30. The van der Waals surface area contributed by atoms with Gasteiger partial charge >= 0.3 is 11.9 Å². The van der Waals surface area contributed by atoms with Crippen LogP contribution in [0.2, 0.25) is 0 Å². The van der Waals surface area contributed by atoms with Crippen LogP contribution in [0.5, 0.6) is 0 Å². The van der Waals surface area contributed by atoms with Crippen molar-refractivity contribution in [2.75, 3.05) is 32.8 Å². The van der Waals surface area contributed by atoms with Gasteiger partial charge in [-0.3, -0.25) is 14.4 Å². The van der Waals surface area contributed by atoms with E-state index in [1.807, 2.05) is 0 Å². The average Bonchev–Trinajstić information content (AvgIpc) is 3.17. The maximum atomic E-state index is 12.3. The number of hydrogen-bond acceptors (Lipinski definition) is 6. The van der Waals surface area contributed by atoms with E-state index in [1.165, 1.54) is 0 Å². The Bertz CT molecular complexity index is 783. The zero-order valence-electron chi connectivity index (χ0n) is 17.3. The zero-order chi connectivity index (χ0) is 21.5. The number of benzene rings is 1. The van der Waals surface area contributed by atoms with Crippen molar-refractivity contribution in [1.29, 1.82) is 0 Å². The maximum absolute atomic E-state index is 12.3. The SMILES string of the molecule is CCOC(=O)C1CCN(C(=O)COC(=O)c2ccc(CN3CCCC3=O)cc2)CC1. The molecule has 0 aliphatic carbocycles. The van der Waals surface area contributed by atoms with E-state index in [0.717, 1.165) is 18.5 Å². The Labute approximate surface area is 176 Å². The van der Waals surface area contributed by atoms with E-state index in [-0.39, 0.29) is 30.3 Å². The van der Waals surface area contributed by atoms with Crippen molar-refractivity contribution < 1.29 is 28.7 Å². The van der Waals surface area contributed by atoms with Crippen molar-refractivity contribution in [2.45, 2.75) is 39.2 Å². The molecule has 2 aliphatic heterocycles. The fraction of sp³-hybridized carbons (Fsp3) is 0.545. The van der Waals surface area contributed by atoms with Gasteiger partial charge in [0, 0.05) is 32.6 Å². The van der Waals surface area contributed by atoms with Crippen LogP contribution >= 0.6 is 0 Å². The quantitative estimate of drug-likeness (QED) is 0.629. The molecule has 2 fully saturated rings. The topological polar surface area (TPSA) is 93.2 Å². The van der Waals surface area contributed by atoms with Crippen LogP contribution in [0.3, 0.4) is 0 Å². The third kappa shape index (κ3) is 5.58. The molecule has 2 amide bonds. The minimum absolute atomic E-state index is 0.156. The number of likely N-dealkylation sites (tertiary alicyclic amines) is 2. The molecule has 1 aromatic carbocycles. The fourth-order valence-electron chi connectivity index (χ4n) is 3.76. The third-order valence-electron chi connectivity index (χ3n) is 5.53. The van der Waals surface area contributed by atoms with E-state index < -0.39 is 5.97 Å². The van der Waals surface area contributed by atoms with Crippen LogP contribution in [0.1, 0.15) is 48.5 Å². The van der Waals surface area contributed by atoms with Gasteiger partial charge in [-0.2, -0.15) is 0 Å². The number of carbonyl (C=O) groups is 4. The summed E-state index contributed by atoms with van der Waals surface area (Å²) in [7, 11) is 0. The Balaban J connectivity index is 1.42. The third-order valence-corrected chi connectivity index (χ3v) is 5.53. The molecular weight excluding hydrogens is 388 g/mol. The molecular formula is C22H28N2O6. The molecule has 0 aromatic heterocycles. The number of esters is 2. The van der Waals surface area contributed by atoms with Gasteiger partial charge in [0.05, 0.1) is 18.1 Å². The first kappa shape index (κ1) is 21.8. The second-order valence-electron chi connectivity index (χ2n) is 7.60. The Kier molecular flexibility index (Phi) is 7.43. The molecule has 0 spiro atoms. The smallest absolute Gasteiger partial charge is 0.338 e. The van der Waals surface area contributed by atoms with Crippen molar-refractivity contribution in [3.8, 4) is 0 Å². The lowest BCUT2D eigenvalue weighted by atomic mass is 9.97. The van der Waals surface area contributed by atoms with Crippen LogP contribution in [0.15, 0.2) is 24.3 Å². The highest BCUT2D eigenvalue weighted by molar-refractivity contribution is 5.91. The van der Waals surface area contributed by atoms with Crippen LogP contribution < -0.4 is 0 Å². The standard InChI is InChI=1S/C22H28N2O6/c1-2-29-21(27)18-9-12-23(13-10-18)20(26)15-30-22(28)17-7-5-16(6-8-17)14-24-11-3-4-19(24)25/h5-8,18H,2-4,9-15H2,1H3. The van der Waals surface area contributed by atoms with Crippen LogP contribution in [0, 0.1) is 5.92 Å². The van der Waals surface area contributed by atoms with Crippen LogP contribution in [0.25, 0.3) is 0 Å². The summed E-state index contributed by atoms with van der Waals surface area (Å²) in [5, 5.41) is 0. The van der Waals surface area contributed by atoms with Gasteiger partial charge in [0.2, 0.25) is 5.91 Å². The molecule has 8 heteroatoms. The molecule has 3 rings (SSSR count). The molecule has 0 bridgehead atoms. The van der Waals surface area contributed by atoms with Gasteiger partial charge in [0.1, 0.15) is 0 Å². The number of rotatable bonds is 7. The van der Waals surface area contributed by atoms with Crippen molar-refractivity contribution >= 4 is 23.8 Å². The molecule has 0 atom stereocenters. The van der Waals surface area contributed by atoms with Gasteiger partial charge in [-0.1, -0.05) is 12.1 Å². The highest BCUT2D eigenvalue weighted by Gasteiger charge is 2.28. The number of piperidine rings is 1.